The molecule has 0 unspecified atom stereocenters. The number of hydrogen-bond donors (Lipinski definition) is 3. The quantitative estimate of drug-likeness (QED) is 0.193. The molecule has 1 saturated carbocycles. The van der Waals surface area contributed by atoms with Crippen LogP contribution in [0.4, 0.5) is 0 Å². The molecule has 0 amide bonds. The van der Waals surface area contributed by atoms with Crippen LogP contribution in [0, 0.1) is 11.3 Å². The van der Waals surface area contributed by atoms with Crippen molar-refractivity contribution >= 4 is 6.29 Å². The Balaban J connectivity index is 2.16. The minimum atomic E-state index is -0.856. The first-order chi connectivity index (χ1) is 16.3. The van der Waals surface area contributed by atoms with Gasteiger partial charge in [-0.1, -0.05) is 30.2 Å². The van der Waals surface area contributed by atoms with E-state index in [0.29, 0.717) is 19.3 Å². The summed E-state index contributed by atoms with van der Waals surface area (Å²) < 4.78 is 6.38. The Kier molecular flexibility index (Phi) is 10.5. The van der Waals surface area contributed by atoms with Crippen molar-refractivity contribution < 1.29 is 24.9 Å². The van der Waals surface area contributed by atoms with E-state index >= 15 is 0 Å². The number of hydrogen-bond acceptors (Lipinski definition) is 5. The lowest BCUT2D eigenvalue weighted by molar-refractivity contribution is -0.115. The van der Waals surface area contributed by atoms with Crippen molar-refractivity contribution in [1.29, 1.82) is 0 Å². The fourth-order valence-electron chi connectivity index (χ4n) is 6.16. The van der Waals surface area contributed by atoms with Crippen LogP contribution in [0.3, 0.4) is 0 Å². The van der Waals surface area contributed by atoms with E-state index in [1.54, 1.807) is 0 Å². The molecule has 5 nitrogen and oxygen atoms in total. The van der Waals surface area contributed by atoms with Gasteiger partial charge < -0.3 is 20.1 Å². The zero-order chi connectivity index (χ0) is 26.4. The first kappa shape index (κ1) is 30.0. The van der Waals surface area contributed by atoms with Crippen LogP contribution < -0.4 is 0 Å². The van der Waals surface area contributed by atoms with Gasteiger partial charge in [-0.25, -0.2) is 0 Å². The summed E-state index contributed by atoms with van der Waals surface area (Å²) in [5.41, 5.74) is 2.50. The fraction of sp³-hybridized carbons (Fsp3) is 0.767. The Hall–Kier alpha value is -1.27. The zero-order valence-corrected chi connectivity index (χ0v) is 23.2. The third-order valence-electron chi connectivity index (χ3n) is 9.02. The summed E-state index contributed by atoms with van der Waals surface area (Å²) in [4.78, 5) is 11.6. The van der Waals surface area contributed by atoms with Crippen molar-refractivity contribution in [3.63, 3.8) is 0 Å². The van der Waals surface area contributed by atoms with Crippen LogP contribution in [0.2, 0.25) is 0 Å². The van der Waals surface area contributed by atoms with E-state index in [1.807, 2.05) is 20.8 Å². The maximum atomic E-state index is 11.6. The summed E-state index contributed by atoms with van der Waals surface area (Å²) in [5.74, 6) is 0.0558. The van der Waals surface area contributed by atoms with Gasteiger partial charge in [-0.2, -0.15) is 0 Å². The normalized spacial score (nSPS) is 37.3. The van der Waals surface area contributed by atoms with Crippen LogP contribution in [0.1, 0.15) is 106 Å². The summed E-state index contributed by atoms with van der Waals surface area (Å²) in [6, 6.07) is 0. The molecule has 0 spiro atoms. The van der Waals surface area contributed by atoms with Gasteiger partial charge in [0, 0.05) is 18.4 Å². The van der Waals surface area contributed by atoms with Gasteiger partial charge in [0.25, 0.3) is 0 Å². The van der Waals surface area contributed by atoms with Crippen LogP contribution in [0.25, 0.3) is 0 Å². The fourth-order valence-corrected chi connectivity index (χ4v) is 6.16. The summed E-state index contributed by atoms with van der Waals surface area (Å²) in [6.45, 7) is 14.3. The van der Waals surface area contributed by atoms with Crippen molar-refractivity contribution in [2.24, 2.45) is 11.3 Å². The van der Waals surface area contributed by atoms with Crippen molar-refractivity contribution in [2.75, 3.05) is 6.61 Å². The van der Waals surface area contributed by atoms with E-state index in [-0.39, 0.29) is 18.6 Å². The number of allylic oxidation sites excluding steroid dienone is 5. The summed E-state index contributed by atoms with van der Waals surface area (Å²) in [5, 5.41) is 31.7. The molecule has 2 aliphatic rings. The molecule has 1 aliphatic heterocycles. The molecule has 0 bridgehead atoms. The standard InChI is InChI=1S/C30H50O5/c1-21(2)11-8-16-29(6)27(33)19-26(35-29)22(3)12-9-15-28(5)25(13-10-18-31)24(23(4)20-32)14-17-30(28,7)34/h11-12,20,25-27,31,33-34H,8-10,13-19H2,1-7H3/b22-12+,24-23-/t25-,26-,27-,28+,29+,30+/m1/s1. The molecule has 2 rings (SSSR count). The van der Waals surface area contributed by atoms with Gasteiger partial charge in [0.05, 0.1) is 23.4 Å². The van der Waals surface area contributed by atoms with Gasteiger partial charge in [-0.05, 0) is 110 Å². The maximum absolute atomic E-state index is 11.6. The molecule has 35 heavy (non-hydrogen) atoms. The number of rotatable bonds is 11. The molecule has 2 fully saturated rings. The average Bonchev–Trinajstić information content (AvgIpc) is 3.08. The predicted octanol–water partition coefficient (Wildman–Crippen LogP) is 5.82. The lowest BCUT2D eigenvalue weighted by Crippen LogP contribution is -2.52. The Morgan fingerprint density at radius 2 is 1.74 bits per heavy atom. The lowest BCUT2D eigenvalue weighted by Gasteiger charge is -2.53. The number of aliphatic hydroxyl groups excluding tert-OH is 2. The molecule has 0 aromatic rings. The topological polar surface area (TPSA) is 87.0 Å². The highest BCUT2D eigenvalue weighted by molar-refractivity contribution is 5.74. The Morgan fingerprint density at radius 1 is 1.09 bits per heavy atom. The second-order valence-electron chi connectivity index (χ2n) is 11.9. The molecule has 0 radical (unpaired) electrons. The van der Waals surface area contributed by atoms with Crippen molar-refractivity contribution in [1.82, 2.24) is 0 Å². The molecule has 1 heterocycles. The molecule has 5 heteroatoms. The van der Waals surface area contributed by atoms with Gasteiger partial charge in [0.1, 0.15) is 6.29 Å². The van der Waals surface area contributed by atoms with E-state index in [0.717, 1.165) is 61.5 Å². The molecule has 200 valence electrons. The largest absolute Gasteiger partial charge is 0.396 e. The minimum absolute atomic E-state index is 0.0558. The minimum Gasteiger partial charge on any atom is -0.396 e. The van der Waals surface area contributed by atoms with E-state index in [9.17, 15) is 20.1 Å². The Morgan fingerprint density at radius 3 is 2.34 bits per heavy atom. The highest BCUT2D eigenvalue weighted by atomic mass is 16.5. The third kappa shape index (κ3) is 6.94. The molecule has 0 aromatic heterocycles. The van der Waals surface area contributed by atoms with Crippen molar-refractivity contribution in [3.05, 3.63) is 34.4 Å². The number of carbonyl (C=O) groups excluding carboxylic acids is 1. The predicted molar refractivity (Wildman–Crippen MR) is 142 cm³/mol. The molecule has 1 aliphatic carbocycles. The van der Waals surface area contributed by atoms with Gasteiger partial charge in [0.2, 0.25) is 0 Å². The maximum Gasteiger partial charge on any atom is 0.145 e. The van der Waals surface area contributed by atoms with Crippen LogP contribution >= 0.6 is 0 Å². The summed E-state index contributed by atoms with van der Waals surface area (Å²) in [7, 11) is 0. The van der Waals surface area contributed by atoms with Gasteiger partial charge in [0.15, 0.2) is 0 Å². The molecule has 3 N–H and O–H groups in total. The number of carbonyl (C=O) groups is 1. The van der Waals surface area contributed by atoms with Gasteiger partial charge >= 0.3 is 0 Å². The summed E-state index contributed by atoms with van der Waals surface area (Å²) >= 11 is 0. The van der Waals surface area contributed by atoms with Gasteiger partial charge in [-0.3, -0.25) is 4.79 Å². The van der Waals surface area contributed by atoms with Crippen LogP contribution in [0.5, 0.6) is 0 Å². The third-order valence-corrected chi connectivity index (χ3v) is 9.02. The molecule has 1 saturated heterocycles. The Labute approximate surface area is 213 Å². The number of aliphatic hydroxyl groups is 3. The monoisotopic (exact) mass is 490 g/mol. The number of ether oxygens (including phenoxy) is 1. The van der Waals surface area contributed by atoms with Crippen molar-refractivity contribution in [3.8, 4) is 0 Å². The summed E-state index contributed by atoms with van der Waals surface area (Å²) in [6.07, 6.45) is 11.4. The highest BCUT2D eigenvalue weighted by Gasteiger charge is 2.52. The van der Waals surface area contributed by atoms with Gasteiger partial charge in [-0.15, -0.1) is 0 Å². The first-order valence-electron chi connectivity index (χ1n) is 13.4. The van der Waals surface area contributed by atoms with E-state index in [4.69, 9.17) is 4.74 Å². The SMILES string of the molecule is CC(C)=CCC[C@]1(C)O[C@@H](/C(C)=C/CC[C@@]2(C)[C@H](CCCO)/C(=C(/C)C=O)CC[C@]2(C)O)C[C@H]1O. The van der Waals surface area contributed by atoms with Crippen LogP contribution in [-0.4, -0.2) is 51.6 Å². The molecular weight excluding hydrogens is 440 g/mol. The van der Waals surface area contributed by atoms with E-state index < -0.39 is 22.7 Å². The Bertz CT molecular complexity index is 819. The number of aldehydes is 1. The van der Waals surface area contributed by atoms with Crippen molar-refractivity contribution in [2.45, 2.75) is 130 Å². The van der Waals surface area contributed by atoms with Crippen LogP contribution in [0.15, 0.2) is 34.4 Å². The molecular formula is C30H50O5. The highest BCUT2D eigenvalue weighted by Crippen LogP contribution is 2.55. The molecule has 0 aromatic carbocycles. The second-order valence-corrected chi connectivity index (χ2v) is 11.9. The zero-order valence-electron chi connectivity index (χ0n) is 23.2. The van der Waals surface area contributed by atoms with Crippen LogP contribution in [-0.2, 0) is 9.53 Å². The first-order valence-corrected chi connectivity index (χ1v) is 13.4. The molecule has 6 atom stereocenters. The van der Waals surface area contributed by atoms with E-state index in [2.05, 4.69) is 39.8 Å². The smallest absolute Gasteiger partial charge is 0.145 e. The lowest BCUT2D eigenvalue weighted by atomic mass is 9.54. The average molecular weight is 491 g/mol. The second kappa shape index (κ2) is 12.3. The van der Waals surface area contributed by atoms with E-state index in [1.165, 1.54) is 5.57 Å².